The number of aromatic amines is 1. The molecule has 3 heterocycles. The molecule has 3 N–H and O–H groups in total. The maximum Gasteiger partial charge on any atom is 0.274 e. The van der Waals surface area contributed by atoms with E-state index < -0.39 is 0 Å². The third-order valence-corrected chi connectivity index (χ3v) is 3.39. The van der Waals surface area contributed by atoms with Crippen LogP contribution in [0.3, 0.4) is 0 Å². The molecule has 0 atom stereocenters. The number of ether oxygens (including phenoxy) is 1. The van der Waals surface area contributed by atoms with Crippen molar-refractivity contribution in [2.45, 2.75) is 13.5 Å². The average Bonchev–Trinajstić information content (AvgIpc) is 3.22. The van der Waals surface area contributed by atoms with Gasteiger partial charge in [-0.1, -0.05) is 0 Å². The quantitative estimate of drug-likeness (QED) is 0.545. The molecule has 0 aromatic carbocycles. The van der Waals surface area contributed by atoms with Crippen molar-refractivity contribution in [1.29, 1.82) is 0 Å². The monoisotopic (exact) mass is 330 g/mol. The molecule has 0 aliphatic heterocycles. The molecule has 24 heavy (non-hydrogen) atoms. The van der Waals surface area contributed by atoms with Gasteiger partial charge in [-0.25, -0.2) is 9.97 Å². The average molecular weight is 330 g/mol. The van der Waals surface area contributed by atoms with E-state index in [4.69, 9.17) is 4.74 Å². The lowest BCUT2D eigenvalue weighted by molar-refractivity contribution is 0.0932. The maximum absolute atomic E-state index is 12.3. The Balaban J connectivity index is 1.88. The van der Waals surface area contributed by atoms with Crippen LogP contribution in [0.1, 0.15) is 17.4 Å². The van der Waals surface area contributed by atoms with Crippen LogP contribution in [0.5, 0.6) is 0 Å². The van der Waals surface area contributed by atoms with Crippen LogP contribution in [-0.4, -0.2) is 56.1 Å². The van der Waals surface area contributed by atoms with Crippen LogP contribution in [0.15, 0.2) is 18.7 Å². The smallest absolute Gasteiger partial charge is 0.274 e. The van der Waals surface area contributed by atoms with Crippen molar-refractivity contribution < 1.29 is 9.53 Å². The van der Waals surface area contributed by atoms with Gasteiger partial charge in [0.15, 0.2) is 11.3 Å². The van der Waals surface area contributed by atoms with E-state index in [-0.39, 0.29) is 5.91 Å². The number of hydrogen-bond donors (Lipinski definition) is 3. The van der Waals surface area contributed by atoms with Gasteiger partial charge in [-0.05, 0) is 6.92 Å². The summed E-state index contributed by atoms with van der Waals surface area (Å²) in [5.74, 6) is 0.273. The highest BCUT2D eigenvalue weighted by atomic mass is 16.5. The summed E-state index contributed by atoms with van der Waals surface area (Å²) in [4.78, 5) is 20.6. The number of fused-ring (bicyclic) bond motifs is 1. The Hall–Kier alpha value is -3.01. The summed E-state index contributed by atoms with van der Waals surface area (Å²) >= 11 is 0. The largest absolute Gasteiger partial charge is 0.383 e. The van der Waals surface area contributed by atoms with Gasteiger partial charge in [0.25, 0.3) is 5.91 Å². The van der Waals surface area contributed by atoms with E-state index in [1.165, 1.54) is 6.33 Å². The summed E-state index contributed by atoms with van der Waals surface area (Å²) < 4.78 is 6.62. The second-order valence-electron chi connectivity index (χ2n) is 4.98. The molecule has 3 aromatic rings. The first-order valence-corrected chi connectivity index (χ1v) is 7.48. The van der Waals surface area contributed by atoms with Gasteiger partial charge in [-0.3, -0.25) is 14.6 Å². The molecule has 0 fully saturated rings. The molecule has 3 aromatic heterocycles. The number of hydrogen-bond acceptors (Lipinski definition) is 7. The predicted octanol–water partition coefficient (Wildman–Crippen LogP) is 0.689. The Morgan fingerprint density at radius 1 is 1.42 bits per heavy atom. The van der Waals surface area contributed by atoms with E-state index in [0.29, 0.717) is 42.5 Å². The topological polar surface area (TPSA) is 123 Å². The van der Waals surface area contributed by atoms with Gasteiger partial charge in [0, 0.05) is 26.4 Å². The molecule has 1 amide bonds. The zero-order valence-electron chi connectivity index (χ0n) is 13.4. The van der Waals surface area contributed by atoms with Crippen LogP contribution in [0.4, 0.5) is 11.5 Å². The molecule has 0 bridgehead atoms. The van der Waals surface area contributed by atoms with E-state index in [2.05, 4.69) is 35.9 Å². The second kappa shape index (κ2) is 7.04. The minimum Gasteiger partial charge on any atom is -0.383 e. The van der Waals surface area contributed by atoms with Crippen molar-refractivity contribution in [3.8, 4) is 0 Å². The zero-order valence-corrected chi connectivity index (χ0v) is 13.4. The fraction of sp³-hybridized carbons (Fsp3) is 0.357. The summed E-state index contributed by atoms with van der Waals surface area (Å²) in [5, 5.41) is 17.7. The fourth-order valence-electron chi connectivity index (χ4n) is 2.18. The summed E-state index contributed by atoms with van der Waals surface area (Å²) in [6.45, 7) is 3.44. The van der Waals surface area contributed by atoms with Gasteiger partial charge in [0.05, 0.1) is 23.9 Å². The molecule has 10 nitrogen and oxygen atoms in total. The molecule has 126 valence electrons. The summed E-state index contributed by atoms with van der Waals surface area (Å²) in [5.41, 5.74) is 1.47. The van der Waals surface area contributed by atoms with Crippen molar-refractivity contribution in [3.05, 3.63) is 24.4 Å². The molecule has 0 radical (unpaired) electrons. The Morgan fingerprint density at radius 2 is 2.29 bits per heavy atom. The van der Waals surface area contributed by atoms with Crippen LogP contribution < -0.4 is 10.6 Å². The number of amides is 1. The lowest BCUT2D eigenvalue weighted by Crippen LogP contribution is -2.28. The van der Waals surface area contributed by atoms with E-state index in [1.54, 1.807) is 24.2 Å². The van der Waals surface area contributed by atoms with E-state index in [1.807, 2.05) is 6.92 Å². The Bertz CT molecular complexity index is 840. The van der Waals surface area contributed by atoms with E-state index in [0.717, 1.165) is 5.39 Å². The second-order valence-corrected chi connectivity index (χ2v) is 4.98. The number of methoxy groups -OCH3 is 1. The van der Waals surface area contributed by atoms with Crippen molar-refractivity contribution in [3.63, 3.8) is 0 Å². The van der Waals surface area contributed by atoms with Gasteiger partial charge < -0.3 is 15.4 Å². The fourth-order valence-corrected chi connectivity index (χ4v) is 2.18. The molecular weight excluding hydrogens is 312 g/mol. The Labute approximate surface area is 137 Å². The highest BCUT2D eigenvalue weighted by Crippen LogP contribution is 2.23. The molecule has 0 saturated heterocycles. The van der Waals surface area contributed by atoms with Crippen LogP contribution >= 0.6 is 0 Å². The molecule has 0 spiro atoms. The first-order chi connectivity index (χ1) is 11.7. The van der Waals surface area contributed by atoms with Crippen molar-refractivity contribution in [2.24, 2.45) is 0 Å². The van der Waals surface area contributed by atoms with Crippen molar-refractivity contribution >= 4 is 28.4 Å². The number of H-pyrrole nitrogens is 1. The van der Waals surface area contributed by atoms with Crippen LogP contribution in [0.2, 0.25) is 0 Å². The zero-order chi connectivity index (χ0) is 16.9. The van der Waals surface area contributed by atoms with Gasteiger partial charge in [0.2, 0.25) is 0 Å². The summed E-state index contributed by atoms with van der Waals surface area (Å²) in [7, 11) is 1.58. The first kappa shape index (κ1) is 15.9. The summed E-state index contributed by atoms with van der Waals surface area (Å²) in [6.07, 6.45) is 4.81. The predicted molar refractivity (Wildman–Crippen MR) is 87.1 cm³/mol. The molecule has 0 unspecified atom stereocenters. The number of carbonyl (C=O) groups excluding carboxylic acids is 1. The summed E-state index contributed by atoms with van der Waals surface area (Å²) in [6, 6.07) is 0. The van der Waals surface area contributed by atoms with Gasteiger partial charge in [-0.15, -0.1) is 0 Å². The molecule has 0 aliphatic carbocycles. The van der Waals surface area contributed by atoms with E-state index in [9.17, 15) is 4.79 Å². The number of carbonyl (C=O) groups is 1. The van der Waals surface area contributed by atoms with Gasteiger partial charge in [0.1, 0.15) is 12.1 Å². The third-order valence-electron chi connectivity index (χ3n) is 3.39. The normalized spacial score (nSPS) is 10.9. The molecule has 10 heteroatoms. The lowest BCUT2D eigenvalue weighted by Gasteiger charge is -2.06. The van der Waals surface area contributed by atoms with Gasteiger partial charge in [-0.2, -0.15) is 10.2 Å². The SMILES string of the molecule is CCn1cc(Nc2ncnc3[nH]ncc23)c(C(=O)NCCOC)n1. The number of rotatable bonds is 7. The number of nitrogens with zero attached hydrogens (tertiary/aromatic N) is 5. The van der Waals surface area contributed by atoms with Crippen molar-refractivity contribution in [1.82, 2.24) is 35.3 Å². The molecular formula is C14H18N8O2. The highest BCUT2D eigenvalue weighted by molar-refractivity contribution is 5.99. The Morgan fingerprint density at radius 3 is 3.08 bits per heavy atom. The van der Waals surface area contributed by atoms with Gasteiger partial charge >= 0.3 is 0 Å². The van der Waals surface area contributed by atoms with Crippen LogP contribution in [-0.2, 0) is 11.3 Å². The van der Waals surface area contributed by atoms with Crippen LogP contribution in [0.25, 0.3) is 11.0 Å². The van der Waals surface area contributed by atoms with E-state index >= 15 is 0 Å². The minimum absolute atomic E-state index is 0.278. The highest BCUT2D eigenvalue weighted by Gasteiger charge is 2.18. The van der Waals surface area contributed by atoms with Crippen LogP contribution in [0, 0.1) is 0 Å². The number of aromatic nitrogens is 6. The minimum atomic E-state index is -0.278. The number of anilines is 2. The molecule has 0 aliphatic rings. The first-order valence-electron chi connectivity index (χ1n) is 7.48. The maximum atomic E-state index is 12.3. The third kappa shape index (κ3) is 3.18. The Kier molecular flexibility index (Phi) is 4.66. The molecule has 0 saturated carbocycles. The number of aryl methyl sites for hydroxylation is 1. The number of nitrogens with one attached hydrogen (secondary N) is 3. The lowest BCUT2D eigenvalue weighted by atomic mass is 10.3. The molecule has 3 rings (SSSR count). The van der Waals surface area contributed by atoms with Crippen molar-refractivity contribution in [2.75, 3.05) is 25.6 Å². The standard InChI is InChI=1S/C14H18N8O2/c1-3-22-7-10(11(21-22)14(23)15-4-5-24-2)19-12-9-6-18-20-13(9)17-8-16-12/h6-8H,3-5H2,1-2H3,(H,15,23)(H2,16,17,18,19,20).